The summed E-state index contributed by atoms with van der Waals surface area (Å²) in [5.41, 5.74) is 0.681. The predicted octanol–water partition coefficient (Wildman–Crippen LogP) is 2.69. The Bertz CT molecular complexity index is 768. The summed E-state index contributed by atoms with van der Waals surface area (Å²) in [7, 11) is -3.93. The number of carboxylic acids is 1. The van der Waals surface area contributed by atoms with Gasteiger partial charge in [0, 0.05) is 0 Å². The lowest BCUT2D eigenvalue weighted by molar-refractivity contribution is 0.0702. The number of carboxylic acid groups (broad SMARTS) is 1. The molecule has 1 aromatic carbocycles. The highest BCUT2D eigenvalue weighted by Gasteiger charge is 2.20. The first-order valence-corrected chi connectivity index (χ1v) is 7.71. The third-order valence-corrected chi connectivity index (χ3v) is 5.43. The van der Waals surface area contributed by atoms with E-state index in [1.54, 1.807) is 6.92 Å². The second kappa shape index (κ2) is 5.22. The summed E-state index contributed by atoms with van der Waals surface area (Å²) in [4.78, 5) is 10.7. The fraction of sp³-hybridized carbons (Fsp3) is 0.0833. The molecular formula is C12H10FNO4S2. The van der Waals surface area contributed by atoms with Crippen molar-refractivity contribution in [1.29, 1.82) is 0 Å². The molecule has 106 valence electrons. The largest absolute Gasteiger partial charge is 0.477 e. The quantitative estimate of drug-likeness (QED) is 0.908. The summed E-state index contributed by atoms with van der Waals surface area (Å²) in [6, 6.07) is 6.15. The van der Waals surface area contributed by atoms with Crippen molar-refractivity contribution in [3.05, 3.63) is 46.6 Å². The minimum absolute atomic E-state index is 0.0821. The lowest BCUT2D eigenvalue weighted by Crippen LogP contribution is -2.12. The van der Waals surface area contributed by atoms with Crippen LogP contribution in [0.15, 0.2) is 34.5 Å². The van der Waals surface area contributed by atoms with Crippen LogP contribution in [0.3, 0.4) is 0 Å². The number of carbonyl (C=O) groups is 1. The van der Waals surface area contributed by atoms with Crippen molar-refractivity contribution in [2.45, 2.75) is 11.1 Å². The maximum Gasteiger partial charge on any atom is 0.345 e. The molecule has 0 spiro atoms. The Morgan fingerprint density at radius 2 is 2.00 bits per heavy atom. The van der Waals surface area contributed by atoms with E-state index < -0.39 is 21.8 Å². The summed E-state index contributed by atoms with van der Waals surface area (Å²) >= 11 is 0.633. The van der Waals surface area contributed by atoms with Crippen molar-refractivity contribution in [1.82, 2.24) is 0 Å². The van der Waals surface area contributed by atoms with Crippen LogP contribution in [0.5, 0.6) is 0 Å². The molecule has 0 atom stereocenters. The Balaban J connectivity index is 2.35. The van der Waals surface area contributed by atoms with E-state index in [9.17, 15) is 17.6 Å². The minimum atomic E-state index is -3.93. The van der Waals surface area contributed by atoms with Crippen molar-refractivity contribution >= 4 is 33.0 Å². The SMILES string of the molecule is Cc1ccc(F)cc1NS(=O)(=O)c1ccc(C(=O)O)s1. The molecule has 8 heteroatoms. The topological polar surface area (TPSA) is 83.5 Å². The van der Waals surface area contributed by atoms with E-state index >= 15 is 0 Å². The summed E-state index contributed by atoms with van der Waals surface area (Å²) in [6.07, 6.45) is 0. The second-order valence-electron chi connectivity index (χ2n) is 3.99. The molecule has 2 rings (SSSR count). The number of halogens is 1. The Morgan fingerprint density at radius 1 is 1.30 bits per heavy atom. The van der Waals surface area contributed by atoms with Crippen LogP contribution in [0, 0.1) is 12.7 Å². The predicted molar refractivity (Wildman–Crippen MR) is 73.2 cm³/mol. The zero-order chi connectivity index (χ0) is 14.9. The number of rotatable bonds is 4. The van der Waals surface area contributed by atoms with Gasteiger partial charge in [-0.25, -0.2) is 17.6 Å². The fourth-order valence-electron chi connectivity index (χ4n) is 1.48. The van der Waals surface area contributed by atoms with Crippen LogP contribution < -0.4 is 4.72 Å². The van der Waals surface area contributed by atoms with E-state index in [4.69, 9.17) is 5.11 Å². The highest BCUT2D eigenvalue weighted by Crippen LogP contribution is 2.25. The molecule has 0 unspecified atom stereocenters. The van der Waals surface area contributed by atoms with E-state index in [1.165, 1.54) is 24.3 Å². The van der Waals surface area contributed by atoms with Crippen LogP contribution in [0.2, 0.25) is 0 Å². The average Bonchev–Trinajstić information content (AvgIpc) is 2.84. The van der Waals surface area contributed by atoms with Gasteiger partial charge in [0.05, 0.1) is 5.69 Å². The van der Waals surface area contributed by atoms with Crippen LogP contribution in [0.1, 0.15) is 15.2 Å². The van der Waals surface area contributed by atoms with Crippen LogP contribution in [-0.2, 0) is 10.0 Å². The number of hydrogen-bond acceptors (Lipinski definition) is 4. The fourth-order valence-corrected chi connectivity index (χ4v) is 3.75. The van der Waals surface area contributed by atoms with Crippen molar-refractivity contribution in [2.24, 2.45) is 0 Å². The third kappa shape index (κ3) is 2.97. The molecule has 0 bridgehead atoms. The molecule has 0 radical (unpaired) electrons. The van der Waals surface area contributed by atoms with Crippen molar-refractivity contribution in [3.8, 4) is 0 Å². The molecule has 0 aliphatic carbocycles. The molecule has 0 fully saturated rings. The van der Waals surface area contributed by atoms with E-state index in [-0.39, 0.29) is 14.8 Å². The molecule has 20 heavy (non-hydrogen) atoms. The molecule has 0 amide bonds. The molecule has 1 aromatic heterocycles. The van der Waals surface area contributed by atoms with Gasteiger partial charge in [0.2, 0.25) is 0 Å². The normalized spacial score (nSPS) is 11.3. The Labute approximate surface area is 118 Å². The Kier molecular flexibility index (Phi) is 3.78. The molecule has 0 aliphatic rings. The molecule has 2 aromatic rings. The van der Waals surface area contributed by atoms with Crippen molar-refractivity contribution in [3.63, 3.8) is 0 Å². The van der Waals surface area contributed by atoms with Crippen LogP contribution in [0.25, 0.3) is 0 Å². The van der Waals surface area contributed by atoms with Gasteiger partial charge in [-0.1, -0.05) is 6.07 Å². The van der Waals surface area contributed by atoms with E-state index in [1.807, 2.05) is 0 Å². The number of anilines is 1. The van der Waals surface area contributed by atoms with Gasteiger partial charge in [0.15, 0.2) is 0 Å². The maximum absolute atomic E-state index is 13.1. The van der Waals surface area contributed by atoms with Gasteiger partial charge in [0.1, 0.15) is 14.9 Å². The Hall–Kier alpha value is -1.93. The van der Waals surface area contributed by atoms with Gasteiger partial charge in [0.25, 0.3) is 10.0 Å². The Morgan fingerprint density at radius 3 is 2.60 bits per heavy atom. The summed E-state index contributed by atoms with van der Waals surface area (Å²) in [5, 5.41) is 8.78. The third-order valence-electron chi connectivity index (χ3n) is 2.50. The first-order valence-electron chi connectivity index (χ1n) is 5.42. The highest BCUT2D eigenvalue weighted by molar-refractivity contribution is 7.94. The molecule has 5 nitrogen and oxygen atoms in total. The number of aryl methyl sites for hydroxylation is 1. The summed E-state index contributed by atoms with van der Waals surface area (Å²) in [6.45, 7) is 1.63. The molecule has 1 heterocycles. The molecule has 0 saturated carbocycles. The molecule has 0 aliphatic heterocycles. The van der Waals surface area contributed by atoms with Gasteiger partial charge in [-0.2, -0.15) is 0 Å². The van der Waals surface area contributed by atoms with Crippen LogP contribution in [0.4, 0.5) is 10.1 Å². The summed E-state index contributed by atoms with van der Waals surface area (Å²) in [5.74, 6) is -1.76. The molecule has 2 N–H and O–H groups in total. The lowest BCUT2D eigenvalue weighted by Gasteiger charge is -2.09. The van der Waals surface area contributed by atoms with Gasteiger partial charge in [-0.05, 0) is 36.8 Å². The van der Waals surface area contributed by atoms with Gasteiger partial charge >= 0.3 is 5.97 Å². The van der Waals surface area contributed by atoms with Crippen molar-refractivity contribution in [2.75, 3.05) is 4.72 Å². The minimum Gasteiger partial charge on any atom is -0.477 e. The number of aromatic carboxylic acids is 1. The zero-order valence-corrected chi connectivity index (χ0v) is 11.9. The number of thiophene rings is 1. The maximum atomic E-state index is 13.1. The first kappa shape index (κ1) is 14.5. The average molecular weight is 315 g/mol. The second-order valence-corrected chi connectivity index (χ2v) is 6.98. The van der Waals surface area contributed by atoms with Gasteiger partial charge in [-0.3, -0.25) is 4.72 Å². The lowest BCUT2D eigenvalue weighted by atomic mass is 10.2. The van der Waals surface area contributed by atoms with E-state index in [0.29, 0.717) is 16.9 Å². The molecular weight excluding hydrogens is 305 g/mol. The number of hydrogen-bond donors (Lipinski definition) is 2. The van der Waals surface area contributed by atoms with Crippen molar-refractivity contribution < 1.29 is 22.7 Å². The van der Waals surface area contributed by atoms with Gasteiger partial charge < -0.3 is 5.11 Å². The number of benzene rings is 1. The van der Waals surface area contributed by atoms with E-state index in [2.05, 4.69) is 4.72 Å². The number of nitrogens with one attached hydrogen (secondary N) is 1. The summed E-state index contributed by atoms with van der Waals surface area (Å²) < 4.78 is 39.4. The van der Waals surface area contributed by atoms with Crippen LogP contribution in [-0.4, -0.2) is 19.5 Å². The smallest absolute Gasteiger partial charge is 0.345 e. The monoisotopic (exact) mass is 315 g/mol. The zero-order valence-electron chi connectivity index (χ0n) is 10.3. The first-order chi connectivity index (χ1) is 9.29. The number of sulfonamides is 1. The highest BCUT2D eigenvalue weighted by atomic mass is 32.2. The van der Waals surface area contributed by atoms with Gasteiger partial charge in [-0.15, -0.1) is 11.3 Å². The van der Waals surface area contributed by atoms with Crippen LogP contribution >= 0.6 is 11.3 Å². The van der Waals surface area contributed by atoms with E-state index in [0.717, 1.165) is 6.07 Å². The standard InChI is InChI=1S/C12H10FNO4S2/c1-7-2-3-8(13)6-9(7)14-20(17,18)11-5-4-10(19-11)12(15)16/h2-6,14H,1H3,(H,15,16). The molecule has 0 saturated heterocycles.